The highest BCUT2D eigenvalue weighted by Gasteiger charge is 1.94. The van der Waals surface area contributed by atoms with Crippen molar-refractivity contribution in [3.8, 4) is 0 Å². The van der Waals surface area contributed by atoms with Crippen LogP contribution < -0.4 is 0 Å². The van der Waals surface area contributed by atoms with Crippen LogP contribution in [0.5, 0.6) is 0 Å². The van der Waals surface area contributed by atoms with E-state index in [-0.39, 0.29) is 0 Å². The number of rotatable bonds is 5. The van der Waals surface area contributed by atoms with Gasteiger partial charge < -0.3 is 0 Å². The van der Waals surface area contributed by atoms with Crippen LogP contribution in [0.25, 0.3) is 6.08 Å². The molecular formula is C14H14OS. The Bertz CT molecular complexity index is 447. The quantitative estimate of drug-likeness (QED) is 0.545. The zero-order valence-electron chi connectivity index (χ0n) is 9.22. The molecule has 0 aromatic carbocycles. The second kappa shape index (κ2) is 6.75. The molecule has 2 heteroatoms. The van der Waals surface area contributed by atoms with Crippen molar-refractivity contribution in [2.75, 3.05) is 0 Å². The molecule has 1 aromatic rings. The average molecular weight is 230 g/mol. The summed E-state index contributed by atoms with van der Waals surface area (Å²) in [4.78, 5) is 12.3. The Morgan fingerprint density at radius 3 is 2.62 bits per heavy atom. The summed E-state index contributed by atoms with van der Waals surface area (Å²) in [7, 11) is 0. The summed E-state index contributed by atoms with van der Waals surface area (Å²) >= 11 is 1.48. The van der Waals surface area contributed by atoms with Gasteiger partial charge in [-0.15, -0.1) is 11.3 Å². The normalized spacial score (nSPS) is 12.4. The van der Waals surface area contributed by atoms with Crippen LogP contribution in [0.4, 0.5) is 0 Å². The van der Waals surface area contributed by atoms with Crippen molar-refractivity contribution in [2.24, 2.45) is 0 Å². The van der Waals surface area contributed by atoms with E-state index in [2.05, 4.69) is 6.58 Å². The van der Waals surface area contributed by atoms with E-state index in [9.17, 15) is 4.79 Å². The molecule has 1 heterocycles. The van der Waals surface area contributed by atoms with Gasteiger partial charge in [0, 0.05) is 4.88 Å². The first kappa shape index (κ1) is 12.4. The standard InChI is InChI=1S/C14H14OS/c1-3-5-12(6-4-2)7-8-13-9-10-14(11-15)16-13/h3-11H,1H2,2H3/b6-4-,8-7+,12-5+. The molecule has 0 aliphatic carbocycles. The van der Waals surface area contributed by atoms with Gasteiger partial charge >= 0.3 is 0 Å². The van der Waals surface area contributed by atoms with Crippen molar-refractivity contribution in [1.29, 1.82) is 0 Å². The molecule has 1 aromatic heterocycles. The van der Waals surface area contributed by atoms with Gasteiger partial charge in [0.05, 0.1) is 4.88 Å². The molecule has 0 saturated heterocycles. The van der Waals surface area contributed by atoms with Crippen molar-refractivity contribution in [2.45, 2.75) is 6.92 Å². The highest BCUT2D eigenvalue weighted by molar-refractivity contribution is 7.14. The average Bonchev–Trinajstić information content (AvgIpc) is 2.74. The third-order valence-electron chi connectivity index (χ3n) is 1.87. The van der Waals surface area contributed by atoms with E-state index in [1.807, 2.05) is 49.4 Å². The number of carbonyl (C=O) groups is 1. The van der Waals surface area contributed by atoms with Crippen LogP contribution in [0.2, 0.25) is 0 Å². The highest BCUT2D eigenvalue weighted by atomic mass is 32.1. The van der Waals surface area contributed by atoms with Crippen LogP contribution in [0.1, 0.15) is 21.5 Å². The van der Waals surface area contributed by atoms with Gasteiger partial charge in [0.2, 0.25) is 0 Å². The Morgan fingerprint density at radius 1 is 1.31 bits per heavy atom. The van der Waals surface area contributed by atoms with Crippen molar-refractivity contribution in [3.63, 3.8) is 0 Å². The lowest BCUT2D eigenvalue weighted by Crippen LogP contribution is -1.69. The summed E-state index contributed by atoms with van der Waals surface area (Å²) in [6.45, 7) is 5.64. The summed E-state index contributed by atoms with van der Waals surface area (Å²) in [5.74, 6) is 0. The van der Waals surface area contributed by atoms with E-state index < -0.39 is 0 Å². The summed E-state index contributed by atoms with van der Waals surface area (Å²) in [5.41, 5.74) is 1.08. The predicted molar refractivity (Wildman–Crippen MR) is 71.8 cm³/mol. The van der Waals surface area contributed by atoms with E-state index in [1.165, 1.54) is 11.3 Å². The van der Waals surface area contributed by atoms with Crippen LogP contribution in [0, 0.1) is 0 Å². The van der Waals surface area contributed by atoms with Gasteiger partial charge in [-0.05, 0) is 30.7 Å². The fourth-order valence-corrected chi connectivity index (χ4v) is 1.92. The zero-order valence-corrected chi connectivity index (χ0v) is 10.0. The molecule has 0 unspecified atom stereocenters. The molecule has 1 rings (SSSR count). The lowest BCUT2D eigenvalue weighted by atomic mass is 10.2. The maximum atomic E-state index is 10.5. The molecule has 1 nitrogen and oxygen atoms in total. The SMILES string of the molecule is C=C/C=C(\C=C/C)/C=C/c1ccc(C=O)s1. The minimum atomic E-state index is 0.750. The first-order valence-electron chi connectivity index (χ1n) is 4.98. The Labute approximate surface area is 100 Å². The predicted octanol–water partition coefficient (Wildman–Crippen LogP) is 4.26. The topological polar surface area (TPSA) is 17.1 Å². The lowest BCUT2D eigenvalue weighted by Gasteiger charge is -1.90. The molecular weight excluding hydrogens is 216 g/mol. The van der Waals surface area contributed by atoms with Crippen LogP contribution >= 0.6 is 11.3 Å². The van der Waals surface area contributed by atoms with Crippen molar-refractivity contribution < 1.29 is 4.79 Å². The first-order chi connectivity index (χ1) is 7.80. The Hall–Kier alpha value is -1.67. The van der Waals surface area contributed by atoms with Crippen LogP contribution in [-0.2, 0) is 0 Å². The van der Waals surface area contributed by atoms with Crippen LogP contribution in [0.3, 0.4) is 0 Å². The van der Waals surface area contributed by atoms with Gasteiger partial charge in [0.15, 0.2) is 6.29 Å². The van der Waals surface area contributed by atoms with Gasteiger partial charge in [0.1, 0.15) is 0 Å². The van der Waals surface area contributed by atoms with E-state index in [1.54, 1.807) is 6.08 Å². The van der Waals surface area contributed by atoms with E-state index in [0.29, 0.717) is 0 Å². The fourth-order valence-electron chi connectivity index (χ4n) is 1.19. The summed E-state index contributed by atoms with van der Waals surface area (Å²) in [5, 5.41) is 0. The molecule has 0 saturated carbocycles. The van der Waals surface area contributed by atoms with Gasteiger partial charge in [-0.25, -0.2) is 0 Å². The molecule has 82 valence electrons. The van der Waals surface area contributed by atoms with Gasteiger partial charge in [-0.2, -0.15) is 0 Å². The molecule has 0 amide bonds. The van der Waals surface area contributed by atoms with Crippen LogP contribution in [0.15, 0.2) is 54.7 Å². The second-order valence-corrected chi connectivity index (χ2v) is 4.24. The van der Waals surface area contributed by atoms with Crippen molar-refractivity contribution in [3.05, 3.63) is 64.4 Å². The lowest BCUT2D eigenvalue weighted by molar-refractivity contribution is 0.112. The second-order valence-electron chi connectivity index (χ2n) is 3.09. The molecule has 0 aliphatic heterocycles. The molecule has 0 fully saturated rings. The summed E-state index contributed by atoms with van der Waals surface area (Å²) in [6.07, 6.45) is 12.5. The molecule has 0 spiro atoms. The van der Waals surface area contributed by atoms with Crippen molar-refractivity contribution >= 4 is 23.7 Å². The maximum absolute atomic E-state index is 10.5. The number of allylic oxidation sites excluding steroid dienone is 6. The number of aldehydes is 1. The Kier molecular flexibility index (Phi) is 5.23. The zero-order chi connectivity index (χ0) is 11.8. The smallest absolute Gasteiger partial charge is 0.160 e. The number of thiophene rings is 1. The van der Waals surface area contributed by atoms with Crippen LogP contribution in [-0.4, -0.2) is 6.29 Å². The third-order valence-corrected chi connectivity index (χ3v) is 2.85. The minimum absolute atomic E-state index is 0.750. The van der Waals surface area contributed by atoms with Crippen molar-refractivity contribution in [1.82, 2.24) is 0 Å². The van der Waals surface area contributed by atoms with Gasteiger partial charge in [-0.1, -0.05) is 37.0 Å². The molecule has 0 N–H and O–H groups in total. The monoisotopic (exact) mass is 230 g/mol. The van der Waals surface area contributed by atoms with E-state index in [4.69, 9.17) is 0 Å². The van der Waals surface area contributed by atoms with Gasteiger partial charge in [-0.3, -0.25) is 4.79 Å². The highest BCUT2D eigenvalue weighted by Crippen LogP contribution is 2.17. The number of carbonyl (C=O) groups excluding carboxylic acids is 1. The first-order valence-corrected chi connectivity index (χ1v) is 5.80. The molecule has 16 heavy (non-hydrogen) atoms. The minimum Gasteiger partial charge on any atom is -0.297 e. The molecule has 0 atom stereocenters. The summed E-state index contributed by atoms with van der Waals surface area (Å²) in [6, 6.07) is 3.76. The maximum Gasteiger partial charge on any atom is 0.160 e. The number of hydrogen-bond acceptors (Lipinski definition) is 2. The molecule has 0 bridgehead atoms. The van der Waals surface area contributed by atoms with E-state index in [0.717, 1.165) is 21.6 Å². The molecule has 0 radical (unpaired) electrons. The largest absolute Gasteiger partial charge is 0.297 e. The Balaban J connectivity index is 2.81. The molecule has 0 aliphatic rings. The summed E-state index contributed by atoms with van der Waals surface area (Å²) < 4.78 is 0. The third kappa shape index (κ3) is 3.83. The fraction of sp³-hybridized carbons (Fsp3) is 0.0714. The van der Waals surface area contributed by atoms with E-state index >= 15 is 0 Å². The Morgan fingerprint density at radius 2 is 2.06 bits per heavy atom. The van der Waals surface area contributed by atoms with Gasteiger partial charge in [0.25, 0.3) is 0 Å². The number of hydrogen-bond donors (Lipinski definition) is 0.